The molecule has 0 radical (unpaired) electrons. The number of hydrogen-bond acceptors (Lipinski definition) is 5. The minimum atomic E-state index is -0.318. The largest absolute Gasteiger partial charge is 0.368 e. The van der Waals surface area contributed by atoms with Crippen molar-refractivity contribution < 1.29 is 0 Å². The van der Waals surface area contributed by atoms with Crippen LogP contribution in [0, 0.1) is 34.6 Å². The van der Waals surface area contributed by atoms with Crippen molar-refractivity contribution in [1.82, 2.24) is 29.6 Å². The summed E-state index contributed by atoms with van der Waals surface area (Å²) in [5, 5.41) is 12.5. The van der Waals surface area contributed by atoms with Crippen LogP contribution < -0.4 is 5.69 Å². The van der Waals surface area contributed by atoms with Gasteiger partial charge in [-0.2, -0.15) is 14.5 Å². The van der Waals surface area contributed by atoms with E-state index in [4.69, 9.17) is 12.2 Å². The molecule has 0 aliphatic heterocycles. The van der Waals surface area contributed by atoms with E-state index in [1.807, 2.05) is 55.8 Å². The third kappa shape index (κ3) is 3.42. The Hall–Kier alpha value is -3.39. The monoisotopic (exact) mass is 432 g/mol. The number of tetrazole rings is 1. The fraction of sp³-hybridized carbons (Fsp3) is 0.261. The number of rotatable bonds is 4. The third-order valence-electron chi connectivity index (χ3n) is 5.78. The summed E-state index contributed by atoms with van der Waals surface area (Å²) in [6, 6.07) is 11.8. The van der Waals surface area contributed by atoms with Gasteiger partial charge in [0.25, 0.3) is 0 Å². The molecular formula is C23H24N6OS. The number of aryl methyl sites for hydroxylation is 4. The zero-order valence-corrected chi connectivity index (χ0v) is 19.3. The average molecular weight is 433 g/mol. The molecule has 4 aromatic rings. The van der Waals surface area contributed by atoms with Crippen LogP contribution in [-0.4, -0.2) is 34.4 Å². The Labute approximate surface area is 185 Å². The highest BCUT2D eigenvalue weighted by Crippen LogP contribution is 2.26. The van der Waals surface area contributed by atoms with Gasteiger partial charge in [-0.3, -0.25) is 0 Å². The fourth-order valence-corrected chi connectivity index (χ4v) is 4.22. The van der Waals surface area contributed by atoms with E-state index in [1.165, 1.54) is 14.9 Å². The van der Waals surface area contributed by atoms with E-state index in [-0.39, 0.29) is 5.69 Å². The summed E-state index contributed by atoms with van der Waals surface area (Å²) in [5.74, 6) is 0. The fourth-order valence-electron chi connectivity index (χ4n) is 3.73. The minimum absolute atomic E-state index is 0.318. The Balaban J connectivity index is 1.82. The van der Waals surface area contributed by atoms with Crippen molar-refractivity contribution in [3.63, 3.8) is 0 Å². The molecule has 4 rings (SSSR count). The van der Waals surface area contributed by atoms with Gasteiger partial charge < -0.3 is 0 Å². The van der Waals surface area contributed by atoms with Crippen LogP contribution >= 0.6 is 12.2 Å². The molecule has 7 nitrogen and oxygen atoms in total. The lowest BCUT2D eigenvalue weighted by Crippen LogP contribution is -2.24. The smallest absolute Gasteiger partial charge is 0.244 e. The lowest BCUT2D eigenvalue weighted by atomic mass is 9.95. The van der Waals surface area contributed by atoms with Gasteiger partial charge in [-0.15, -0.1) is 0 Å². The van der Waals surface area contributed by atoms with Gasteiger partial charge in [0, 0.05) is 18.3 Å². The highest BCUT2D eigenvalue weighted by Gasteiger charge is 2.19. The molecule has 0 atom stereocenters. The van der Waals surface area contributed by atoms with Crippen molar-refractivity contribution in [2.45, 2.75) is 34.6 Å². The quantitative estimate of drug-likeness (QED) is 0.365. The Kier molecular flexibility index (Phi) is 5.18. The molecule has 158 valence electrons. The third-order valence-corrected chi connectivity index (χ3v) is 6.20. The summed E-state index contributed by atoms with van der Waals surface area (Å²) < 4.78 is 4.45. The summed E-state index contributed by atoms with van der Waals surface area (Å²) in [4.78, 5) is 13.1. The minimum Gasteiger partial charge on any atom is -0.244 e. The second kappa shape index (κ2) is 7.70. The van der Waals surface area contributed by atoms with E-state index in [1.54, 1.807) is 7.05 Å². The van der Waals surface area contributed by atoms with Crippen molar-refractivity contribution in [2.24, 2.45) is 7.05 Å². The molecule has 31 heavy (non-hydrogen) atoms. The van der Waals surface area contributed by atoms with E-state index in [0.29, 0.717) is 10.6 Å². The Morgan fingerprint density at radius 1 is 0.935 bits per heavy atom. The number of benzene rings is 2. The zero-order valence-electron chi connectivity index (χ0n) is 18.5. The summed E-state index contributed by atoms with van der Waals surface area (Å²) in [6.45, 7) is 10.2. The molecule has 0 saturated heterocycles. The molecule has 0 saturated carbocycles. The van der Waals surface area contributed by atoms with Gasteiger partial charge in [0.05, 0.1) is 21.9 Å². The second-order valence-corrected chi connectivity index (χ2v) is 8.21. The number of aromatic nitrogens is 6. The van der Waals surface area contributed by atoms with Crippen LogP contribution in [0.15, 0.2) is 41.2 Å². The van der Waals surface area contributed by atoms with Crippen LogP contribution in [0.5, 0.6) is 0 Å². The highest BCUT2D eigenvalue weighted by molar-refractivity contribution is 7.81. The number of hydrogen-bond donors (Lipinski definition) is 0. The number of thiocarbonyl (C=S) groups is 1. The summed E-state index contributed by atoms with van der Waals surface area (Å²) in [6.07, 6.45) is 0. The Morgan fingerprint density at radius 2 is 1.68 bits per heavy atom. The summed E-state index contributed by atoms with van der Waals surface area (Å²) >= 11 is 5.92. The average Bonchev–Trinajstić information content (AvgIpc) is 3.20. The molecule has 0 amide bonds. The van der Waals surface area contributed by atoms with Gasteiger partial charge in [0.15, 0.2) is 0 Å². The van der Waals surface area contributed by atoms with E-state index in [2.05, 4.69) is 35.4 Å². The summed E-state index contributed by atoms with van der Waals surface area (Å²) in [7, 11) is 1.57. The SMILES string of the molecule is Cc1cc(-n2nc(C)c(C)c2C)ccc1C(=S)c1c(C)cccc1-n1nnn(C)c1=O. The first-order chi connectivity index (χ1) is 14.7. The molecule has 0 aliphatic carbocycles. The molecule has 2 aromatic carbocycles. The predicted molar refractivity (Wildman–Crippen MR) is 125 cm³/mol. The van der Waals surface area contributed by atoms with Crippen molar-refractivity contribution in [2.75, 3.05) is 0 Å². The van der Waals surface area contributed by atoms with Crippen LogP contribution in [0.1, 0.15) is 39.2 Å². The molecule has 2 aromatic heterocycles. The van der Waals surface area contributed by atoms with Gasteiger partial charge >= 0.3 is 5.69 Å². The van der Waals surface area contributed by atoms with Gasteiger partial charge in [-0.25, -0.2) is 9.48 Å². The van der Waals surface area contributed by atoms with Crippen LogP contribution in [0.25, 0.3) is 11.4 Å². The van der Waals surface area contributed by atoms with Crippen molar-refractivity contribution in [3.05, 3.63) is 86.1 Å². The van der Waals surface area contributed by atoms with Crippen LogP contribution in [0.3, 0.4) is 0 Å². The maximum Gasteiger partial charge on any atom is 0.368 e. The topological polar surface area (TPSA) is 70.5 Å². The van der Waals surface area contributed by atoms with Gasteiger partial charge in [-0.1, -0.05) is 30.4 Å². The van der Waals surface area contributed by atoms with Crippen molar-refractivity contribution in [3.8, 4) is 11.4 Å². The van der Waals surface area contributed by atoms with Gasteiger partial charge in [-0.05, 0) is 85.5 Å². The first-order valence-corrected chi connectivity index (χ1v) is 10.4. The Bertz CT molecular complexity index is 1390. The first-order valence-electron chi connectivity index (χ1n) is 9.98. The molecule has 0 aliphatic rings. The van der Waals surface area contributed by atoms with E-state index in [0.717, 1.165) is 39.3 Å². The Morgan fingerprint density at radius 3 is 2.26 bits per heavy atom. The molecular weight excluding hydrogens is 408 g/mol. The summed E-state index contributed by atoms with van der Waals surface area (Å²) in [5.41, 5.74) is 8.38. The van der Waals surface area contributed by atoms with Crippen molar-refractivity contribution >= 4 is 17.1 Å². The number of nitrogens with zero attached hydrogens (tertiary/aromatic N) is 6. The molecule has 0 unspecified atom stereocenters. The van der Waals surface area contributed by atoms with Gasteiger partial charge in [0.2, 0.25) is 0 Å². The molecule has 0 spiro atoms. The maximum atomic E-state index is 12.5. The van der Waals surface area contributed by atoms with Crippen LogP contribution in [0.4, 0.5) is 0 Å². The highest BCUT2D eigenvalue weighted by atomic mass is 32.1. The predicted octanol–water partition coefficient (Wildman–Crippen LogP) is 3.46. The molecule has 0 fully saturated rings. The van der Waals surface area contributed by atoms with E-state index < -0.39 is 0 Å². The van der Waals surface area contributed by atoms with Crippen LogP contribution in [0.2, 0.25) is 0 Å². The van der Waals surface area contributed by atoms with Crippen molar-refractivity contribution in [1.29, 1.82) is 0 Å². The zero-order chi connectivity index (χ0) is 22.4. The van der Waals surface area contributed by atoms with Gasteiger partial charge in [0.1, 0.15) is 0 Å². The normalized spacial score (nSPS) is 11.2. The van der Waals surface area contributed by atoms with E-state index in [9.17, 15) is 4.79 Å². The second-order valence-electron chi connectivity index (χ2n) is 7.80. The molecule has 2 heterocycles. The van der Waals surface area contributed by atoms with E-state index >= 15 is 0 Å². The maximum absolute atomic E-state index is 12.5. The molecule has 0 N–H and O–H groups in total. The first kappa shape index (κ1) is 20.9. The molecule has 0 bridgehead atoms. The van der Waals surface area contributed by atoms with Crippen LogP contribution in [-0.2, 0) is 7.05 Å². The lowest BCUT2D eigenvalue weighted by molar-refractivity contribution is 0.693. The molecule has 8 heteroatoms. The standard InChI is InChI=1S/C23H24N6OS/c1-13-8-7-9-20(29-23(30)27(6)25-26-29)21(13)22(31)19-11-10-18(12-14(19)2)28-17(5)15(3)16(4)24-28/h7-12H,1-6H3. The lowest BCUT2D eigenvalue weighted by Gasteiger charge is -2.16.